The van der Waals surface area contributed by atoms with Crippen LogP contribution >= 0.6 is 11.3 Å². The molecule has 1 aromatic rings. The minimum Gasteiger partial charge on any atom is -0.382 e. The Labute approximate surface area is 115 Å². The fourth-order valence-electron chi connectivity index (χ4n) is 1.47. The van der Waals surface area contributed by atoms with Gasteiger partial charge in [-0.05, 0) is 19.8 Å². The van der Waals surface area contributed by atoms with Gasteiger partial charge in [0.05, 0.1) is 6.54 Å². The molecular formula is C11H17N5O2S. The first-order chi connectivity index (χ1) is 9.10. The van der Waals surface area contributed by atoms with Crippen LogP contribution in [-0.4, -0.2) is 35.9 Å². The molecule has 0 aliphatic heterocycles. The standard InChI is InChI=1S/C11H17N5O2S/c1-2-13-11-16-9(12)8(19-11)10(18)14-5-7(17)15-6-3-4-6/h6H,2-5,12H2,1H3,(H,13,16)(H,14,18)(H,15,17). The highest BCUT2D eigenvalue weighted by molar-refractivity contribution is 7.18. The fourth-order valence-corrected chi connectivity index (χ4v) is 2.34. The lowest BCUT2D eigenvalue weighted by molar-refractivity contribution is -0.120. The predicted octanol–water partition coefficient (Wildman–Crippen LogP) is 0.165. The number of hydrogen-bond donors (Lipinski definition) is 4. The molecule has 5 N–H and O–H groups in total. The zero-order chi connectivity index (χ0) is 13.8. The lowest BCUT2D eigenvalue weighted by Crippen LogP contribution is -2.37. The van der Waals surface area contributed by atoms with Gasteiger partial charge in [-0.1, -0.05) is 11.3 Å². The summed E-state index contributed by atoms with van der Waals surface area (Å²) >= 11 is 1.18. The van der Waals surface area contributed by atoms with Crippen LogP contribution in [0.1, 0.15) is 29.4 Å². The summed E-state index contributed by atoms with van der Waals surface area (Å²) in [5.41, 5.74) is 5.67. The van der Waals surface area contributed by atoms with E-state index in [-0.39, 0.29) is 24.2 Å². The molecule has 0 atom stereocenters. The van der Waals surface area contributed by atoms with Gasteiger partial charge in [-0.2, -0.15) is 0 Å². The summed E-state index contributed by atoms with van der Waals surface area (Å²) in [7, 11) is 0. The highest BCUT2D eigenvalue weighted by Crippen LogP contribution is 2.24. The molecule has 8 heteroatoms. The van der Waals surface area contributed by atoms with E-state index in [4.69, 9.17) is 5.73 Å². The van der Waals surface area contributed by atoms with E-state index >= 15 is 0 Å². The number of amides is 2. The zero-order valence-electron chi connectivity index (χ0n) is 10.7. The number of thiazole rings is 1. The fraction of sp³-hybridized carbons (Fsp3) is 0.545. The van der Waals surface area contributed by atoms with Crippen molar-refractivity contribution in [3.63, 3.8) is 0 Å². The van der Waals surface area contributed by atoms with Gasteiger partial charge in [0, 0.05) is 12.6 Å². The van der Waals surface area contributed by atoms with Crippen LogP contribution in [0.15, 0.2) is 0 Å². The third-order valence-electron chi connectivity index (χ3n) is 2.54. The molecule has 2 rings (SSSR count). The van der Waals surface area contributed by atoms with E-state index in [0.29, 0.717) is 22.6 Å². The monoisotopic (exact) mass is 283 g/mol. The van der Waals surface area contributed by atoms with Crippen molar-refractivity contribution in [3.05, 3.63) is 4.88 Å². The van der Waals surface area contributed by atoms with Gasteiger partial charge in [0.15, 0.2) is 5.13 Å². The molecule has 0 bridgehead atoms. The zero-order valence-corrected chi connectivity index (χ0v) is 11.5. The van der Waals surface area contributed by atoms with Gasteiger partial charge in [0.1, 0.15) is 10.7 Å². The number of nitrogen functional groups attached to an aromatic ring is 1. The molecule has 19 heavy (non-hydrogen) atoms. The van der Waals surface area contributed by atoms with Crippen LogP contribution in [0.3, 0.4) is 0 Å². The normalized spacial score (nSPS) is 13.9. The first-order valence-electron chi connectivity index (χ1n) is 6.18. The number of hydrogen-bond acceptors (Lipinski definition) is 6. The van der Waals surface area contributed by atoms with Crippen LogP contribution < -0.4 is 21.7 Å². The number of nitrogens with zero attached hydrogens (tertiary/aromatic N) is 1. The van der Waals surface area contributed by atoms with Gasteiger partial charge in [0.2, 0.25) is 5.91 Å². The number of anilines is 2. The Hall–Kier alpha value is -1.83. The van der Waals surface area contributed by atoms with Crippen LogP contribution in [0.25, 0.3) is 0 Å². The molecular weight excluding hydrogens is 266 g/mol. The highest BCUT2D eigenvalue weighted by Gasteiger charge is 2.23. The molecule has 0 unspecified atom stereocenters. The van der Waals surface area contributed by atoms with Crippen molar-refractivity contribution in [1.82, 2.24) is 15.6 Å². The topological polar surface area (TPSA) is 109 Å². The molecule has 0 aromatic carbocycles. The van der Waals surface area contributed by atoms with E-state index in [1.807, 2.05) is 6.92 Å². The molecule has 1 heterocycles. The quantitative estimate of drug-likeness (QED) is 0.595. The van der Waals surface area contributed by atoms with Gasteiger partial charge < -0.3 is 21.7 Å². The second-order valence-electron chi connectivity index (χ2n) is 4.29. The summed E-state index contributed by atoms with van der Waals surface area (Å²) < 4.78 is 0. The molecule has 0 radical (unpaired) electrons. The number of nitrogens with two attached hydrogens (primary N) is 1. The maximum atomic E-state index is 11.9. The Morgan fingerprint density at radius 3 is 2.84 bits per heavy atom. The maximum Gasteiger partial charge on any atom is 0.265 e. The lowest BCUT2D eigenvalue weighted by Gasteiger charge is -2.04. The van der Waals surface area contributed by atoms with Gasteiger partial charge >= 0.3 is 0 Å². The predicted molar refractivity (Wildman–Crippen MR) is 74.2 cm³/mol. The SMILES string of the molecule is CCNc1nc(N)c(C(=O)NCC(=O)NC2CC2)s1. The summed E-state index contributed by atoms with van der Waals surface area (Å²) in [5.74, 6) is -0.364. The molecule has 0 spiro atoms. The van der Waals surface area contributed by atoms with Gasteiger partial charge in [-0.25, -0.2) is 4.98 Å². The summed E-state index contributed by atoms with van der Waals surface area (Å²) in [6, 6.07) is 0.290. The smallest absolute Gasteiger partial charge is 0.265 e. The van der Waals surface area contributed by atoms with Crippen LogP contribution in [-0.2, 0) is 4.79 Å². The van der Waals surface area contributed by atoms with E-state index in [0.717, 1.165) is 12.8 Å². The first kappa shape index (κ1) is 13.6. The van der Waals surface area contributed by atoms with E-state index in [1.54, 1.807) is 0 Å². The van der Waals surface area contributed by atoms with Gasteiger partial charge in [0.25, 0.3) is 5.91 Å². The largest absolute Gasteiger partial charge is 0.382 e. The molecule has 7 nitrogen and oxygen atoms in total. The minimum atomic E-state index is -0.370. The summed E-state index contributed by atoms with van der Waals surface area (Å²) in [4.78, 5) is 27.7. The van der Waals surface area contributed by atoms with Gasteiger partial charge in [-0.15, -0.1) is 0 Å². The van der Waals surface area contributed by atoms with E-state index in [2.05, 4.69) is 20.9 Å². The molecule has 2 amide bonds. The molecule has 104 valence electrons. The molecule has 1 aliphatic rings. The molecule has 1 saturated carbocycles. The van der Waals surface area contributed by atoms with Crippen LogP contribution in [0.2, 0.25) is 0 Å². The Bertz CT molecular complexity index is 483. The van der Waals surface area contributed by atoms with Crippen molar-refractivity contribution in [1.29, 1.82) is 0 Å². The Kier molecular flexibility index (Phi) is 4.20. The van der Waals surface area contributed by atoms with Crippen molar-refractivity contribution in [3.8, 4) is 0 Å². The number of nitrogens with one attached hydrogen (secondary N) is 3. The number of carbonyl (C=O) groups is 2. The Balaban J connectivity index is 1.86. The Morgan fingerprint density at radius 2 is 2.21 bits per heavy atom. The number of rotatable bonds is 6. The summed E-state index contributed by atoms with van der Waals surface area (Å²) in [6.45, 7) is 2.60. The number of carbonyl (C=O) groups excluding carboxylic acids is 2. The van der Waals surface area contributed by atoms with E-state index < -0.39 is 0 Å². The van der Waals surface area contributed by atoms with Crippen molar-refractivity contribution in [2.45, 2.75) is 25.8 Å². The average molecular weight is 283 g/mol. The molecule has 0 saturated heterocycles. The van der Waals surface area contributed by atoms with E-state index in [1.165, 1.54) is 11.3 Å². The summed E-state index contributed by atoms with van der Waals surface area (Å²) in [6.07, 6.45) is 2.04. The van der Waals surface area contributed by atoms with Crippen molar-refractivity contribution < 1.29 is 9.59 Å². The van der Waals surface area contributed by atoms with Crippen LogP contribution in [0, 0.1) is 0 Å². The second kappa shape index (κ2) is 5.87. The van der Waals surface area contributed by atoms with E-state index in [9.17, 15) is 9.59 Å². The van der Waals surface area contributed by atoms with Crippen LogP contribution in [0.5, 0.6) is 0 Å². The second-order valence-corrected chi connectivity index (χ2v) is 5.29. The third kappa shape index (κ3) is 3.82. The average Bonchev–Trinajstić information content (AvgIpc) is 3.09. The Morgan fingerprint density at radius 1 is 1.47 bits per heavy atom. The molecule has 1 aromatic heterocycles. The molecule has 1 fully saturated rings. The van der Waals surface area contributed by atoms with Crippen molar-refractivity contribution in [2.75, 3.05) is 24.1 Å². The summed E-state index contributed by atoms with van der Waals surface area (Å²) in [5, 5.41) is 8.93. The lowest BCUT2D eigenvalue weighted by atomic mass is 10.4. The van der Waals surface area contributed by atoms with Crippen LogP contribution in [0.4, 0.5) is 10.9 Å². The maximum absolute atomic E-state index is 11.9. The van der Waals surface area contributed by atoms with Crippen molar-refractivity contribution >= 4 is 34.1 Å². The van der Waals surface area contributed by atoms with Crippen molar-refractivity contribution in [2.24, 2.45) is 0 Å². The minimum absolute atomic E-state index is 0.0385. The first-order valence-corrected chi connectivity index (χ1v) is 6.99. The number of aromatic nitrogens is 1. The highest BCUT2D eigenvalue weighted by atomic mass is 32.1. The molecule has 1 aliphatic carbocycles. The van der Waals surface area contributed by atoms with Gasteiger partial charge in [-0.3, -0.25) is 9.59 Å². The third-order valence-corrected chi connectivity index (χ3v) is 3.57.